The summed E-state index contributed by atoms with van der Waals surface area (Å²) in [6.45, 7) is 6.74. The van der Waals surface area contributed by atoms with Gasteiger partial charge in [-0.15, -0.1) is 0 Å². The summed E-state index contributed by atoms with van der Waals surface area (Å²) in [7, 11) is -2.98. The van der Waals surface area contributed by atoms with Gasteiger partial charge in [-0.05, 0) is 32.1 Å². The first-order chi connectivity index (χ1) is 7.60. The fourth-order valence-electron chi connectivity index (χ4n) is 2.03. The lowest BCUT2D eigenvalue weighted by molar-refractivity contribution is 0.0883. The van der Waals surface area contributed by atoms with Crippen LogP contribution in [0.25, 0.3) is 0 Å². The minimum absolute atomic E-state index is 0.281. The summed E-state index contributed by atoms with van der Waals surface area (Å²) in [5, 5.41) is 0. The molecule has 0 aromatic carbocycles. The molecular weight excluding hydrogens is 226 g/mol. The van der Waals surface area contributed by atoms with Gasteiger partial charge >= 0.3 is 0 Å². The molecule has 1 saturated heterocycles. The maximum Gasteiger partial charge on any atom is 0.214 e. The van der Waals surface area contributed by atoms with E-state index in [0.29, 0.717) is 25.4 Å². The van der Waals surface area contributed by atoms with Crippen molar-refractivity contribution < 1.29 is 13.2 Å². The van der Waals surface area contributed by atoms with Crippen molar-refractivity contribution >= 4 is 10.0 Å². The molecule has 0 radical (unpaired) electrons. The monoisotopic (exact) mass is 249 g/mol. The number of nitrogens with zero attached hydrogens (tertiary/aromatic N) is 1. The van der Waals surface area contributed by atoms with E-state index in [1.54, 1.807) is 4.31 Å². The third-order valence-electron chi connectivity index (χ3n) is 2.99. The van der Waals surface area contributed by atoms with Crippen LogP contribution in [0.5, 0.6) is 0 Å². The molecule has 0 aromatic heterocycles. The highest BCUT2D eigenvalue weighted by Crippen LogP contribution is 2.20. The minimum Gasteiger partial charge on any atom is -0.381 e. The maximum absolute atomic E-state index is 11.8. The van der Waals surface area contributed by atoms with E-state index in [1.165, 1.54) is 0 Å². The lowest BCUT2D eigenvalue weighted by Crippen LogP contribution is -2.40. The Morgan fingerprint density at radius 1 is 1.25 bits per heavy atom. The first-order valence-corrected chi connectivity index (χ1v) is 7.76. The van der Waals surface area contributed by atoms with Crippen molar-refractivity contribution in [1.82, 2.24) is 4.31 Å². The third-order valence-corrected chi connectivity index (χ3v) is 5.06. The van der Waals surface area contributed by atoms with Crippen molar-refractivity contribution in [3.63, 3.8) is 0 Å². The second-order valence-electron chi connectivity index (χ2n) is 4.32. The molecule has 96 valence electrons. The molecule has 0 amide bonds. The van der Waals surface area contributed by atoms with Gasteiger partial charge < -0.3 is 4.74 Å². The van der Waals surface area contributed by atoms with Gasteiger partial charge in [-0.1, -0.05) is 6.92 Å². The predicted octanol–water partition coefficient (Wildman–Crippen LogP) is 1.47. The van der Waals surface area contributed by atoms with E-state index in [1.807, 2.05) is 13.8 Å². The minimum atomic E-state index is -2.98. The highest BCUT2D eigenvalue weighted by molar-refractivity contribution is 7.89. The summed E-state index contributed by atoms with van der Waals surface area (Å²) in [5.74, 6) is 0.816. The highest BCUT2D eigenvalue weighted by atomic mass is 32.2. The van der Waals surface area contributed by atoms with Gasteiger partial charge in [-0.25, -0.2) is 12.7 Å². The molecule has 0 N–H and O–H groups in total. The van der Waals surface area contributed by atoms with E-state index < -0.39 is 10.0 Å². The van der Waals surface area contributed by atoms with E-state index >= 15 is 0 Å². The van der Waals surface area contributed by atoms with Crippen LogP contribution in [0.2, 0.25) is 0 Å². The van der Waals surface area contributed by atoms with Crippen molar-refractivity contribution in [3.8, 4) is 0 Å². The summed E-state index contributed by atoms with van der Waals surface area (Å²) in [6.07, 6.45) is 2.56. The van der Waals surface area contributed by atoms with Crippen molar-refractivity contribution in [2.45, 2.75) is 33.1 Å². The average molecular weight is 249 g/mol. The van der Waals surface area contributed by atoms with Gasteiger partial charge in [0, 0.05) is 26.3 Å². The average Bonchev–Trinajstić information content (AvgIpc) is 2.27. The smallest absolute Gasteiger partial charge is 0.214 e. The van der Waals surface area contributed by atoms with Gasteiger partial charge in [0.25, 0.3) is 0 Å². The van der Waals surface area contributed by atoms with Crippen LogP contribution in [0.1, 0.15) is 33.1 Å². The summed E-state index contributed by atoms with van der Waals surface area (Å²) in [6, 6.07) is 0. The SMILES string of the molecule is CCCS(=O)(=O)N1CCC(COCC)CC1. The van der Waals surface area contributed by atoms with E-state index in [2.05, 4.69) is 0 Å². The van der Waals surface area contributed by atoms with Crippen LogP contribution in [0.4, 0.5) is 0 Å². The number of hydrogen-bond acceptors (Lipinski definition) is 3. The van der Waals surface area contributed by atoms with E-state index in [-0.39, 0.29) is 5.75 Å². The number of sulfonamides is 1. The lowest BCUT2D eigenvalue weighted by atomic mass is 9.99. The quantitative estimate of drug-likeness (QED) is 0.716. The largest absolute Gasteiger partial charge is 0.381 e. The van der Waals surface area contributed by atoms with Crippen LogP contribution in [0.3, 0.4) is 0 Å². The van der Waals surface area contributed by atoms with Crippen LogP contribution < -0.4 is 0 Å². The number of hydrogen-bond donors (Lipinski definition) is 0. The second kappa shape index (κ2) is 6.57. The summed E-state index contributed by atoms with van der Waals surface area (Å²) in [4.78, 5) is 0. The molecule has 1 heterocycles. The van der Waals surface area contributed by atoms with Gasteiger partial charge in [0.05, 0.1) is 5.75 Å². The number of ether oxygens (including phenoxy) is 1. The molecule has 0 spiro atoms. The van der Waals surface area contributed by atoms with Crippen LogP contribution in [-0.2, 0) is 14.8 Å². The van der Waals surface area contributed by atoms with E-state index in [9.17, 15) is 8.42 Å². The first kappa shape index (κ1) is 13.9. The molecule has 0 atom stereocenters. The van der Waals surface area contributed by atoms with E-state index in [4.69, 9.17) is 4.74 Å². The Hall–Kier alpha value is -0.130. The fraction of sp³-hybridized carbons (Fsp3) is 1.00. The zero-order valence-electron chi connectivity index (χ0n) is 10.3. The Kier molecular flexibility index (Phi) is 5.72. The molecule has 4 nitrogen and oxygen atoms in total. The summed E-state index contributed by atoms with van der Waals surface area (Å²) < 4.78 is 30.6. The Morgan fingerprint density at radius 3 is 2.38 bits per heavy atom. The molecular formula is C11H23NO3S. The van der Waals surface area contributed by atoms with Gasteiger partial charge in [0.1, 0.15) is 0 Å². The Morgan fingerprint density at radius 2 is 1.88 bits per heavy atom. The van der Waals surface area contributed by atoms with Gasteiger partial charge in [-0.2, -0.15) is 0 Å². The van der Waals surface area contributed by atoms with Crippen molar-refractivity contribution in [2.24, 2.45) is 5.92 Å². The zero-order valence-corrected chi connectivity index (χ0v) is 11.1. The molecule has 1 aliphatic heterocycles. The molecule has 1 rings (SSSR count). The summed E-state index contributed by atoms with van der Waals surface area (Å²) >= 11 is 0. The molecule has 0 unspecified atom stereocenters. The van der Waals surface area contributed by atoms with Crippen LogP contribution in [0, 0.1) is 5.92 Å². The molecule has 0 bridgehead atoms. The topological polar surface area (TPSA) is 46.6 Å². The van der Waals surface area contributed by atoms with Crippen molar-refractivity contribution in [3.05, 3.63) is 0 Å². The third kappa shape index (κ3) is 4.03. The molecule has 1 fully saturated rings. The van der Waals surface area contributed by atoms with E-state index in [0.717, 1.165) is 26.1 Å². The van der Waals surface area contributed by atoms with Crippen molar-refractivity contribution in [2.75, 3.05) is 32.1 Å². The van der Waals surface area contributed by atoms with Gasteiger partial charge in [0.15, 0.2) is 0 Å². The fourth-order valence-corrected chi connectivity index (χ4v) is 3.57. The maximum atomic E-state index is 11.8. The normalized spacial score (nSPS) is 20.1. The molecule has 0 saturated carbocycles. The van der Waals surface area contributed by atoms with Crippen LogP contribution >= 0.6 is 0 Å². The number of piperidine rings is 1. The first-order valence-electron chi connectivity index (χ1n) is 6.15. The molecule has 1 aliphatic rings. The second-order valence-corrected chi connectivity index (χ2v) is 6.41. The molecule has 5 heteroatoms. The van der Waals surface area contributed by atoms with Crippen LogP contribution in [0.15, 0.2) is 0 Å². The molecule has 0 aliphatic carbocycles. The predicted molar refractivity (Wildman–Crippen MR) is 64.9 cm³/mol. The zero-order chi connectivity index (χ0) is 12.0. The van der Waals surface area contributed by atoms with Crippen molar-refractivity contribution in [1.29, 1.82) is 0 Å². The lowest BCUT2D eigenvalue weighted by Gasteiger charge is -2.30. The Bertz CT molecular complexity index is 282. The van der Waals surface area contributed by atoms with Crippen LogP contribution in [-0.4, -0.2) is 44.8 Å². The highest BCUT2D eigenvalue weighted by Gasteiger charge is 2.27. The van der Waals surface area contributed by atoms with Gasteiger partial charge in [-0.3, -0.25) is 0 Å². The molecule has 0 aromatic rings. The van der Waals surface area contributed by atoms with Gasteiger partial charge in [0.2, 0.25) is 10.0 Å². The summed E-state index contributed by atoms with van der Waals surface area (Å²) in [5.41, 5.74) is 0. The number of rotatable bonds is 6. The Labute approximate surface area is 99.0 Å². The Balaban J connectivity index is 2.37. The molecule has 16 heavy (non-hydrogen) atoms. The standard InChI is InChI=1S/C11H23NO3S/c1-3-9-16(13,14)12-7-5-11(6-8-12)10-15-4-2/h11H,3-10H2,1-2H3.